The van der Waals surface area contributed by atoms with Crippen LogP contribution in [0.3, 0.4) is 0 Å². The van der Waals surface area contributed by atoms with E-state index in [0.717, 1.165) is 25.7 Å². The third kappa shape index (κ3) is 6.80. The van der Waals surface area contributed by atoms with E-state index in [1.165, 1.54) is 11.3 Å². The van der Waals surface area contributed by atoms with Gasteiger partial charge in [-0.15, -0.1) is 0 Å². The molecule has 0 bridgehead atoms. The maximum absolute atomic E-state index is 13.4. The van der Waals surface area contributed by atoms with Crippen LogP contribution in [0, 0.1) is 0 Å². The molecule has 1 unspecified atom stereocenters. The Morgan fingerprint density at radius 1 is 1.03 bits per heavy atom. The maximum Gasteiger partial charge on any atom is 0.261 e. The van der Waals surface area contributed by atoms with Gasteiger partial charge in [-0.3, -0.25) is 9.59 Å². The Kier molecular flexibility index (Phi) is 9.90. The molecule has 8 heteroatoms. The van der Waals surface area contributed by atoms with Gasteiger partial charge in [0.1, 0.15) is 6.04 Å². The smallest absolute Gasteiger partial charge is 0.261 e. The van der Waals surface area contributed by atoms with Crippen molar-refractivity contribution < 1.29 is 19.1 Å². The van der Waals surface area contributed by atoms with Gasteiger partial charge in [-0.1, -0.05) is 67.6 Å². The lowest BCUT2D eigenvalue weighted by Gasteiger charge is -2.33. The van der Waals surface area contributed by atoms with Crippen molar-refractivity contribution in [2.45, 2.75) is 64.1 Å². The first kappa shape index (κ1) is 26.2. The van der Waals surface area contributed by atoms with E-state index in [9.17, 15) is 9.59 Å². The lowest BCUT2D eigenvalue weighted by Crippen LogP contribution is -2.52. The van der Waals surface area contributed by atoms with Crippen molar-refractivity contribution in [1.29, 1.82) is 0 Å². The van der Waals surface area contributed by atoms with Gasteiger partial charge in [0.05, 0.1) is 7.11 Å². The minimum atomic E-state index is -0.678. The standard InChI is InChI=1S/C26H32Cl2N2O4/c1-3-22(26(32)29-18-10-5-4-6-11-18)30(16-19-20(27)12-9-13-21(19)28)25(31)17-34-24-15-8-7-14-23(24)33-2/h7-9,12-15,18,22H,3-6,10-11,16-17H2,1-2H3,(H,29,32). The third-order valence-corrected chi connectivity index (χ3v) is 6.86. The topological polar surface area (TPSA) is 67.9 Å². The number of halogens is 2. The largest absolute Gasteiger partial charge is 0.493 e. The zero-order valence-electron chi connectivity index (χ0n) is 19.7. The summed E-state index contributed by atoms with van der Waals surface area (Å²) in [5, 5.41) is 4.04. The Balaban J connectivity index is 1.82. The Bertz CT molecular complexity index is 959. The average molecular weight is 507 g/mol. The van der Waals surface area contributed by atoms with E-state index >= 15 is 0 Å². The van der Waals surface area contributed by atoms with Gasteiger partial charge in [0.2, 0.25) is 5.91 Å². The average Bonchev–Trinajstić information content (AvgIpc) is 2.85. The first-order valence-electron chi connectivity index (χ1n) is 11.7. The molecule has 6 nitrogen and oxygen atoms in total. The van der Waals surface area contributed by atoms with Crippen LogP contribution < -0.4 is 14.8 Å². The minimum absolute atomic E-state index is 0.100. The van der Waals surface area contributed by atoms with Gasteiger partial charge in [0.25, 0.3) is 5.91 Å². The fraction of sp³-hybridized carbons (Fsp3) is 0.462. The normalized spacial score (nSPS) is 14.8. The molecule has 1 atom stereocenters. The molecule has 1 fully saturated rings. The molecule has 3 rings (SSSR count). The van der Waals surface area contributed by atoms with Crippen LogP contribution in [-0.4, -0.2) is 42.5 Å². The number of hydrogen-bond acceptors (Lipinski definition) is 4. The molecule has 0 radical (unpaired) electrons. The lowest BCUT2D eigenvalue weighted by molar-refractivity contribution is -0.143. The summed E-state index contributed by atoms with van der Waals surface area (Å²) < 4.78 is 11.1. The Labute approximate surface area is 211 Å². The van der Waals surface area contributed by atoms with Crippen molar-refractivity contribution in [1.82, 2.24) is 10.2 Å². The molecule has 0 spiro atoms. The molecule has 2 amide bonds. The predicted molar refractivity (Wildman–Crippen MR) is 135 cm³/mol. The molecule has 1 aliphatic rings. The molecule has 1 aliphatic carbocycles. The van der Waals surface area contributed by atoms with Crippen molar-refractivity contribution in [3.63, 3.8) is 0 Å². The highest BCUT2D eigenvalue weighted by Gasteiger charge is 2.31. The number of rotatable bonds is 10. The predicted octanol–water partition coefficient (Wildman–Crippen LogP) is 5.64. The SMILES string of the molecule is CCC(C(=O)NC1CCCCC1)N(Cc1c(Cl)cccc1Cl)C(=O)COc1ccccc1OC. The van der Waals surface area contributed by atoms with Crippen LogP contribution in [0.4, 0.5) is 0 Å². The zero-order chi connectivity index (χ0) is 24.5. The van der Waals surface area contributed by atoms with Crippen LogP contribution in [0.1, 0.15) is 51.0 Å². The highest BCUT2D eigenvalue weighted by molar-refractivity contribution is 6.36. The van der Waals surface area contributed by atoms with Gasteiger partial charge in [-0.2, -0.15) is 0 Å². The Hall–Kier alpha value is -2.44. The van der Waals surface area contributed by atoms with E-state index in [-0.39, 0.29) is 31.0 Å². The second kappa shape index (κ2) is 12.9. The van der Waals surface area contributed by atoms with Crippen LogP contribution in [-0.2, 0) is 16.1 Å². The Morgan fingerprint density at radius 3 is 2.29 bits per heavy atom. The lowest BCUT2D eigenvalue weighted by atomic mass is 9.95. The number of hydrogen-bond donors (Lipinski definition) is 1. The number of para-hydroxylation sites is 2. The van der Waals surface area contributed by atoms with E-state index in [4.69, 9.17) is 32.7 Å². The number of ether oxygens (including phenoxy) is 2. The monoisotopic (exact) mass is 506 g/mol. The van der Waals surface area contributed by atoms with Crippen molar-refractivity contribution in [3.8, 4) is 11.5 Å². The number of carbonyl (C=O) groups is 2. The van der Waals surface area contributed by atoms with Crippen LogP contribution >= 0.6 is 23.2 Å². The molecular formula is C26H32Cl2N2O4. The first-order valence-corrected chi connectivity index (χ1v) is 12.5. The van der Waals surface area contributed by atoms with E-state index in [0.29, 0.717) is 33.5 Å². The van der Waals surface area contributed by atoms with E-state index in [2.05, 4.69) is 5.32 Å². The number of amides is 2. The number of benzene rings is 2. The fourth-order valence-corrected chi connectivity index (χ4v) is 4.79. The van der Waals surface area contributed by atoms with Gasteiger partial charge >= 0.3 is 0 Å². The quantitative estimate of drug-likeness (QED) is 0.452. The Morgan fingerprint density at radius 2 is 1.68 bits per heavy atom. The zero-order valence-corrected chi connectivity index (χ0v) is 21.2. The molecule has 1 saturated carbocycles. The second-order valence-electron chi connectivity index (χ2n) is 8.43. The van der Waals surface area contributed by atoms with Crippen molar-refractivity contribution in [2.75, 3.05) is 13.7 Å². The van der Waals surface area contributed by atoms with Crippen molar-refractivity contribution in [2.24, 2.45) is 0 Å². The summed E-state index contributed by atoms with van der Waals surface area (Å²) in [7, 11) is 1.54. The molecule has 2 aromatic rings. The van der Waals surface area contributed by atoms with E-state index in [1.54, 1.807) is 43.5 Å². The van der Waals surface area contributed by atoms with Gasteiger partial charge in [-0.05, 0) is 43.5 Å². The van der Waals surface area contributed by atoms with E-state index in [1.807, 2.05) is 13.0 Å². The maximum atomic E-state index is 13.4. The van der Waals surface area contributed by atoms with Gasteiger partial charge in [0, 0.05) is 28.2 Å². The molecule has 1 N–H and O–H groups in total. The van der Waals surface area contributed by atoms with Crippen LogP contribution in [0.15, 0.2) is 42.5 Å². The number of nitrogens with zero attached hydrogens (tertiary/aromatic N) is 1. The summed E-state index contributed by atoms with van der Waals surface area (Å²) in [4.78, 5) is 28.2. The van der Waals surface area contributed by atoms with Crippen LogP contribution in [0.2, 0.25) is 10.0 Å². The summed E-state index contributed by atoms with van der Waals surface area (Å²) in [6.07, 6.45) is 5.77. The molecule has 184 valence electrons. The van der Waals surface area contributed by atoms with Crippen LogP contribution in [0.25, 0.3) is 0 Å². The molecule has 34 heavy (non-hydrogen) atoms. The summed E-state index contributed by atoms with van der Waals surface area (Å²) in [6.45, 7) is 1.74. The summed E-state index contributed by atoms with van der Waals surface area (Å²) >= 11 is 12.8. The summed E-state index contributed by atoms with van der Waals surface area (Å²) in [5.41, 5.74) is 0.598. The minimum Gasteiger partial charge on any atom is -0.493 e. The molecule has 0 saturated heterocycles. The summed E-state index contributed by atoms with van der Waals surface area (Å²) in [6, 6.07) is 11.8. The molecular weight excluding hydrogens is 475 g/mol. The van der Waals surface area contributed by atoms with Crippen LogP contribution in [0.5, 0.6) is 11.5 Å². The highest BCUT2D eigenvalue weighted by Crippen LogP contribution is 2.28. The van der Waals surface area contributed by atoms with Crippen molar-refractivity contribution in [3.05, 3.63) is 58.1 Å². The molecule has 0 heterocycles. The number of nitrogens with one attached hydrogen (secondary N) is 1. The summed E-state index contributed by atoms with van der Waals surface area (Å²) in [5.74, 6) is 0.475. The molecule has 0 aliphatic heterocycles. The third-order valence-electron chi connectivity index (χ3n) is 6.15. The highest BCUT2D eigenvalue weighted by atomic mass is 35.5. The van der Waals surface area contributed by atoms with Gasteiger partial charge < -0.3 is 19.7 Å². The fourth-order valence-electron chi connectivity index (χ4n) is 4.28. The second-order valence-corrected chi connectivity index (χ2v) is 9.24. The van der Waals surface area contributed by atoms with Crippen molar-refractivity contribution >= 4 is 35.0 Å². The van der Waals surface area contributed by atoms with E-state index < -0.39 is 6.04 Å². The first-order chi connectivity index (χ1) is 16.4. The number of carbonyl (C=O) groups excluding carboxylic acids is 2. The molecule has 2 aromatic carbocycles. The van der Waals surface area contributed by atoms with Gasteiger partial charge in [0.15, 0.2) is 18.1 Å². The van der Waals surface area contributed by atoms with Gasteiger partial charge in [-0.25, -0.2) is 0 Å². The number of methoxy groups -OCH3 is 1. The molecule has 0 aromatic heterocycles.